The maximum Gasteiger partial charge on any atom is 0.217 e. The van der Waals surface area contributed by atoms with Crippen molar-refractivity contribution >= 4 is 5.91 Å². The smallest absolute Gasteiger partial charge is 0.217 e. The summed E-state index contributed by atoms with van der Waals surface area (Å²) < 4.78 is 0. The minimum absolute atomic E-state index is 0.00977. The van der Waals surface area contributed by atoms with E-state index in [1.807, 2.05) is 0 Å². The van der Waals surface area contributed by atoms with E-state index in [-0.39, 0.29) is 11.9 Å². The topological polar surface area (TPSA) is 29.1 Å². The Balaban J connectivity index is 3.76. The van der Waals surface area contributed by atoms with Gasteiger partial charge >= 0.3 is 0 Å². The molecule has 2 heteroatoms. The fourth-order valence-electron chi connectivity index (χ4n) is 0.983. The van der Waals surface area contributed by atoms with E-state index < -0.39 is 0 Å². The molecule has 0 aromatic carbocycles. The van der Waals surface area contributed by atoms with E-state index in [1.165, 1.54) is 6.92 Å². The van der Waals surface area contributed by atoms with Crippen LogP contribution in [0, 0.1) is 5.92 Å². The van der Waals surface area contributed by atoms with E-state index in [0.29, 0.717) is 5.92 Å². The highest BCUT2D eigenvalue weighted by molar-refractivity contribution is 5.73. The van der Waals surface area contributed by atoms with Crippen molar-refractivity contribution in [3.05, 3.63) is 12.7 Å². The lowest BCUT2D eigenvalue weighted by atomic mass is 10.0. The normalized spacial score (nSPS) is 12.7. The number of amides is 1. The monoisotopic (exact) mass is 155 g/mol. The highest BCUT2D eigenvalue weighted by Crippen LogP contribution is 2.04. The predicted octanol–water partition coefficient (Wildman–Crippen LogP) is 1.72. The number of rotatable bonds is 4. The molecule has 1 unspecified atom stereocenters. The minimum atomic E-state index is 0.00977. The van der Waals surface area contributed by atoms with Crippen LogP contribution in [0.3, 0.4) is 0 Å². The molecule has 0 rings (SSSR count). The zero-order chi connectivity index (χ0) is 8.85. The average molecular weight is 155 g/mol. The maximum absolute atomic E-state index is 10.6. The lowest BCUT2D eigenvalue weighted by molar-refractivity contribution is -0.119. The third-order valence-corrected chi connectivity index (χ3v) is 1.40. The van der Waals surface area contributed by atoms with Crippen molar-refractivity contribution < 1.29 is 4.79 Å². The van der Waals surface area contributed by atoms with Crippen molar-refractivity contribution in [2.24, 2.45) is 5.92 Å². The van der Waals surface area contributed by atoms with Crippen LogP contribution in [0.4, 0.5) is 0 Å². The first-order chi connectivity index (χ1) is 5.06. The number of hydrogen-bond acceptors (Lipinski definition) is 1. The standard InChI is InChI=1S/C9H17NO/c1-5-9(6-7(2)3)10-8(4)11/h5,7,9H,1,6H2,2-4H3,(H,10,11). The highest BCUT2D eigenvalue weighted by atomic mass is 16.1. The molecule has 0 bridgehead atoms. The van der Waals surface area contributed by atoms with Crippen LogP contribution in [-0.4, -0.2) is 11.9 Å². The van der Waals surface area contributed by atoms with E-state index in [0.717, 1.165) is 6.42 Å². The predicted molar refractivity (Wildman–Crippen MR) is 47.3 cm³/mol. The van der Waals surface area contributed by atoms with Gasteiger partial charge in [-0.1, -0.05) is 19.9 Å². The van der Waals surface area contributed by atoms with Gasteiger partial charge in [0.1, 0.15) is 0 Å². The van der Waals surface area contributed by atoms with Gasteiger partial charge in [0.2, 0.25) is 5.91 Å². The van der Waals surface area contributed by atoms with E-state index in [2.05, 4.69) is 25.7 Å². The van der Waals surface area contributed by atoms with Crippen LogP contribution < -0.4 is 5.32 Å². The van der Waals surface area contributed by atoms with Gasteiger partial charge in [0.05, 0.1) is 0 Å². The van der Waals surface area contributed by atoms with Crippen molar-refractivity contribution in [1.82, 2.24) is 5.32 Å². The Morgan fingerprint density at radius 2 is 2.18 bits per heavy atom. The molecule has 0 aliphatic heterocycles. The summed E-state index contributed by atoms with van der Waals surface area (Å²) in [6, 6.07) is 0.132. The molecule has 0 heterocycles. The van der Waals surface area contributed by atoms with E-state index in [4.69, 9.17) is 0 Å². The van der Waals surface area contributed by atoms with E-state index in [9.17, 15) is 4.79 Å². The summed E-state index contributed by atoms with van der Waals surface area (Å²) in [5.41, 5.74) is 0. The third kappa shape index (κ3) is 5.64. The second kappa shape index (κ2) is 4.94. The molecule has 0 aromatic rings. The molecule has 0 aliphatic rings. The van der Waals surface area contributed by atoms with Gasteiger partial charge in [-0.15, -0.1) is 6.58 Å². The molecular weight excluding hydrogens is 138 g/mol. The fraction of sp³-hybridized carbons (Fsp3) is 0.667. The van der Waals surface area contributed by atoms with Crippen LogP contribution in [0.5, 0.6) is 0 Å². The van der Waals surface area contributed by atoms with Crippen molar-refractivity contribution in [1.29, 1.82) is 0 Å². The van der Waals surface area contributed by atoms with Gasteiger partial charge in [-0.2, -0.15) is 0 Å². The lowest BCUT2D eigenvalue weighted by Crippen LogP contribution is -2.32. The molecule has 11 heavy (non-hydrogen) atoms. The number of nitrogens with one attached hydrogen (secondary N) is 1. The summed E-state index contributed by atoms with van der Waals surface area (Å²) in [5.74, 6) is 0.598. The maximum atomic E-state index is 10.6. The second-order valence-electron chi connectivity index (χ2n) is 3.17. The largest absolute Gasteiger partial charge is 0.350 e. The minimum Gasteiger partial charge on any atom is -0.350 e. The molecule has 64 valence electrons. The lowest BCUT2D eigenvalue weighted by Gasteiger charge is -2.15. The molecule has 0 radical (unpaired) electrons. The molecule has 1 N–H and O–H groups in total. The van der Waals surface area contributed by atoms with Crippen LogP contribution in [0.15, 0.2) is 12.7 Å². The summed E-state index contributed by atoms with van der Waals surface area (Å²) in [6.45, 7) is 9.42. The Morgan fingerprint density at radius 1 is 1.64 bits per heavy atom. The number of carbonyl (C=O) groups is 1. The van der Waals surface area contributed by atoms with Gasteiger partial charge in [0.25, 0.3) is 0 Å². The van der Waals surface area contributed by atoms with E-state index in [1.54, 1.807) is 6.08 Å². The van der Waals surface area contributed by atoms with Gasteiger partial charge in [-0.25, -0.2) is 0 Å². The SMILES string of the molecule is C=CC(CC(C)C)NC(C)=O. The Labute approximate surface area is 68.7 Å². The summed E-state index contributed by atoms with van der Waals surface area (Å²) in [7, 11) is 0. The summed E-state index contributed by atoms with van der Waals surface area (Å²) in [4.78, 5) is 10.6. The quantitative estimate of drug-likeness (QED) is 0.615. The molecule has 0 saturated carbocycles. The van der Waals surface area contributed by atoms with Gasteiger partial charge in [0.15, 0.2) is 0 Å². The van der Waals surface area contributed by atoms with Crippen LogP contribution in [0.2, 0.25) is 0 Å². The Kier molecular flexibility index (Phi) is 4.59. The van der Waals surface area contributed by atoms with Crippen molar-refractivity contribution in [2.75, 3.05) is 0 Å². The molecule has 0 fully saturated rings. The van der Waals surface area contributed by atoms with Crippen molar-refractivity contribution in [3.8, 4) is 0 Å². The first-order valence-electron chi connectivity index (χ1n) is 3.96. The molecule has 0 aliphatic carbocycles. The molecular formula is C9H17NO. The Morgan fingerprint density at radius 3 is 2.45 bits per heavy atom. The Hall–Kier alpha value is -0.790. The molecule has 1 amide bonds. The Bertz CT molecular complexity index is 140. The van der Waals surface area contributed by atoms with Crippen LogP contribution in [0.25, 0.3) is 0 Å². The molecule has 0 saturated heterocycles. The number of hydrogen-bond donors (Lipinski definition) is 1. The molecule has 1 atom stereocenters. The molecule has 0 spiro atoms. The zero-order valence-electron chi connectivity index (χ0n) is 7.55. The third-order valence-electron chi connectivity index (χ3n) is 1.40. The second-order valence-corrected chi connectivity index (χ2v) is 3.17. The van der Waals surface area contributed by atoms with Crippen LogP contribution >= 0.6 is 0 Å². The van der Waals surface area contributed by atoms with Gasteiger partial charge in [-0.3, -0.25) is 4.79 Å². The number of carbonyl (C=O) groups excluding carboxylic acids is 1. The van der Waals surface area contributed by atoms with Crippen LogP contribution in [0.1, 0.15) is 27.2 Å². The fourth-order valence-corrected chi connectivity index (χ4v) is 0.983. The highest BCUT2D eigenvalue weighted by Gasteiger charge is 2.06. The molecule has 2 nitrogen and oxygen atoms in total. The van der Waals surface area contributed by atoms with Crippen molar-refractivity contribution in [2.45, 2.75) is 33.2 Å². The summed E-state index contributed by atoms with van der Waals surface area (Å²) >= 11 is 0. The van der Waals surface area contributed by atoms with Crippen molar-refractivity contribution in [3.63, 3.8) is 0 Å². The first-order valence-corrected chi connectivity index (χ1v) is 3.96. The van der Waals surface area contributed by atoms with Crippen LogP contribution in [-0.2, 0) is 4.79 Å². The zero-order valence-corrected chi connectivity index (χ0v) is 7.55. The summed E-state index contributed by atoms with van der Waals surface area (Å²) in [6.07, 6.45) is 2.74. The van der Waals surface area contributed by atoms with E-state index >= 15 is 0 Å². The summed E-state index contributed by atoms with van der Waals surface area (Å²) in [5, 5.41) is 2.80. The van der Waals surface area contributed by atoms with Gasteiger partial charge < -0.3 is 5.32 Å². The molecule has 0 aromatic heterocycles. The average Bonchev–Trinajstić information content (AvgIpc) is 1.84. The van der Waals surface area contributed by atoms with Gasteiger partial charge in [-0.05, 0) is 12.3 Å². The van der Waals surface area contributed by atoms with Gasteiger partial charge in [0, 0.05) is 13.0 Å². The first kappa shape index (κ1) is 10.2.